The topological polar surface area (TPSA) is 32.3 Å². The Morgan fingerprint density at radius 2 is 1.91 bits per heavy atom. The summed E-state index contributed by atoms with van der Waals surface area (Å²) in [5.74, 6) is 0. The van der Waals surface area contributed by atoms with Gasteiger partial charge in [-0.3, -0.25) is 10.7 Å². The second-order valence-electron chi connectivity index (χ2n) is 2.23. The number of nitrogens with one attached hydrogen (secondary N) is 1. The molecule has 1 aromatic carbocycles. The van der Waals surface area contributed by atoms with Gasteiger partial charge in [0.2, 0.25) is 0 Å². The van der Waals surface area contributed by atoms with Gasteiger partial charge < -0.3 is 0 Å². The second-order valence-corrected chi connectivity index (χ2v) is 2.23. The van der Waals surface area contributed by atoms with E-state index < -0.39 is 0 Å². The predicted octanol–water partition coefficient (Wildman–Crippen LogP) is 2.52. The Hall–Kier alpha value is -1.28. The van der Waals surface area contributed by atoms with Crippen molar-refractivity contribution in [1.29, 1.82) is 0 Å². The van der Waals surface area contributed by atoms with Crippen LogP contribution in [0.3, 0.4) is 0 Å². The van der Waals surface area contributed by atoms with Crippen molar-refractivity contribution in [3.63, 3.8) is 0 Å². The molecule has 0 aliphatic heterocycles. The molecule has 0 amide bonds. The van der Waals surface area contributed by atoms with Crippen LogP contribution in [0.4, 0.5) is 5.69 Å². The molecule has 2 N–H and O–H groups in total. The lowest BCUT2D eigenvalue weighted by molar-refractivity contribution is 0.389. The van der Waals surface area contributed by atoms with E-state index in [1.54, 1.807) is 0 Å². The fourth-order valence-corrected chi connectivity index (χ4v) is 0.861. The first kappa shape index (κ1) is 7.82. The van der Waals surface area contributed by atoms with Gasteiger partial charge in [0.05, 0.1) is 5.69 Å². The molecule has 2 nitrogen and oxygen atoms in total. The molecule has 1 aromatic rings. The van der Waals surface area contributed by atoms with Gasteiger partial charge in [-0.25, -0.2) is 0 Å². The van der Waals surface area contributed by atoms with Gasteiger partial charge in [0.15, 0.2) is 0 Å². The fourth-order valence-electron chi connectivity index (χ4n) is 0.861. The van der Waals surface area contributed by atoms with Gasteiger partial charge in [-0.15, -0.1) is 0 Å². The van der Waals surface area contributed by atoms with E-state index in [2.05, 4.69) is 5.48 Å². The van der Waals surface area contributed by atoms with Crippen LogP contribution in [-0.2, 0) is 0 Å². The molecular formula is C9H11NO. The molecular weight excluding hydrogens is 138 g/mol. The monoisotopic (exact) mass is 149 g/mol. The van der Waals surface area contributed by atoms with Crippen LogP contribution in [0.25, 0.3) is 6.08 Å². The zero-order valence-electron chi connectivity index (χ0n) is 6.41. The summed E-state index contributed by atoms with van der Waals surface area (Å²) in [5.41, 5.74) is 3.91. The highest BCUT2D eigenvalue weighted by atomic mass is 16.5. The molecule has 2 heteroatoms. The van der Waals surface area contributed by atoms with Crippen LogP contribution in [0.15, 0.2) is 30.3 Å². The quantitative estimate of drug-likeness (QED) is 0.633. The molecule has 0 spiro atoms. The van der Waals surface area contributed by atoms with E-state index in [0.717, 1.165) is 5.56 Å². The molecule has 0 saturated heterocycles. The summed E-state index contributed by atoms with van der Waals surface area (Å²) in [5, 5.41) is 8.49. The van der Waals surface area contributed by atoms with E-state index in [1.165, 1.54) is 0 Å². The summed E-state index contributed by atoms with van der Waals surface area (Å²) in [7, 11) is 0. The van der Waals surface area contributed by atoms with Crippen LogP contribution >= 0.6 is 0 Å². The van der Waals surface area contributed by atoms with Gasteiger partial charge in [-0.1, -0.05) is 24.3 Å². The molecule has 0 fully saturated rings. The molecule has 58 valence electrons. The van der Waals surface area contributed by atoms with Crippen LogP contribution in [0, 0.1) is 0 Å². The van der Waals surface area contributed by atoms with Gasteiger partial charge in [0.1, 0.15) is 0 Å². The fraction of sp³-hybridized carbons (Fsp3) is 0.111. The van der Waals surface area contributed by atoms with Gasteiger partial charge in [0.25, 0.3) is 0 Å². The highest BCUT2D eigenvalue weighted by Gasteiger charge is 1.87. The van der Waals surface area contributed by atoms with Crippen LogP contribution in [-0.4, -0.2) is 5.21 Å². The van der Waals surface area contributed by atoms with Gasteiger partial charge in [-0.05, 0) is 24.6 Å². The molecule has 0 bridgehead atoms. The number of hydrogen-bond donors (Lipinski definition) is 2. The minimum atomic E-state index is 0.707. The lowest BCUT2D eigenvalue weighted by Gasteiger charge is -1.97. The summed E-state index contributed by atoms with van der Waals surface area (Å²) in [6.07, 6.45) is 3.97. The van der Waals surface area contributed by atoms with Crippen molar-refractivity contribution in [3.8, 4) is 0 Å². The molecule has 0 unspecified atom stereocenters. The van der Waals surface area contributed by atoms with Crippen LogP contribution in [0.1, 0.15) is 12.5 Å². The Labute approximate surface area is 66.1 Å². The zero-order chi connectivity index (χ0) is 8.10. The molecule has 1 rings (SSSR count). The maximum atomic E-state index is 8.49. The Morgan fingerprint density at radius 3 is 2.36 bits per heavy atom. The first-order valence-corrected chi connectivity index (χ1v) is 3.49. The van der Waals surface area contributed by atoms with Crippen molar-refractivity contribution in [1.82, 2.24) is 0 Å². The third kappa shape index (κ3) is 2.09. The Bertz CT molecular complexity index is 238. The number of hydrogen-bond acceptors (Lipinski definition) is 2. The van der Waals surface area contributed by atoms with Crippen LogP contribution in [0.5, 0.6) is 0 Å². The molecule has 11 heavy (non-hydrogen) atoms. The number of rotatable bonds is 2. The Morgan fingerprint density at radius 1 is 1.27 bits per heavy atom. The van der Waals surface area contributed by atoms with E-state index in [4.69, 9.17) is 5.21 Å². The smallest absolute Gasteiger partial charge is 0.0602 e. The maximum absolute atomic E-state index is 8.49. The van der Waals surface area contributed by atoms with Crippen molar-refractivity contribution in [3.05, 3.63) is 35.9 Å². The number of allylic oxidation sites excluding steroid dienone is 1. The average molecular weight is 149 g/mol. The van der Waals surface area contributed by atoms with Crippen LogP contribution in [0.2, 0.25) is 0 Å². The van der Waals surface area contributed by atoms with E-state index in [1.807, 2.05) is 43.3 Å². The summed E-state index contributed by atoms with van der Waals surface area (Å²) in [6, 6.07) is 7.49. The summed E-state index contributed by atoms with van der Waals surface area (Å²) < 4.78 is 0. The number of benzene rings is 1. The first-order valence-electron chi connectivity index (χ1n) is 3.49. The molecule has 0 aliphatic rings. The molecule has 0 aliphatic carbocycles. The average Bonchev–Trinajstić information content (AvgIpc) is 2.07. The highest BCUT2D eigenvalue weighted by Crippen LogP contribution is 2.09. The molecule has 0 aromatic heterocycles. The molecule has 0 radical (unpaired) electrons. The largest absolute Gasteiger partial charge is 0.291 e. The summed E-state index contributed by atoms with van der Waals surface area (Å²) in [6.45, 7) is 1.97. The van der Waals surface area contributed by atoms with Gasteiger partial charge >= 0.3 is 0 Å². The SMILES string of the molecule is C/C=C/c1ccc(NO)cc1. The molecule has 0 heterocycles. The first-order chi connectivity index (χ1) is 5.36. The predicted molar refractivity (Wildman–Crippen MR) is 46.6 cm³/mol. The van der Waals surface area contributed by atoms with Gasteiger partial charge in [0, 0.05) is 0 Å². The highest BCUT2D eigenvalue weighted by molar-refractivity contribution is 5.53. The standard InChI is InChI=1S/C9H11NO/c1-2-3-8-4-6-9(10-11)7-5-8/h2-7,10-11H,1H3/b3-2+. The van der Waals surface area contributed by atoms with E-state index in [0.29, 0.717) is 5.69 Å². The second kappa shape index (κ2) is 3.78. The maximum Gasteiger partial charge on any atom is 0.0602 e. The minimum absolute atomic E-state index is 0.707. The minimum Gasteiger partial charge on any atom is -0.291 e. The van der Waals surface area contributed by atoms with Crippen molar-refractivity contribution < 1.29 is 5.21 Å². The van der Waals surface area contributed by atoms with Gasteiger partial charge in [-0.2, -0.15) is 0 Å². The van der Waals surface area contributed by atoms with Crippen molar-refractivity contribution in [2.24, 2.45) is 0 Å². The summed E-state index contributed by atoms with van der Waals surface area (Å²) >= 11 is 0. The van der Waals surface area contributed by atoms with E-state index >= 15 is 0 Å². The lowest BCUT2D eigenvalue weighted by Crippen LogP contribution is -1.87. The zero-order valence-corrected chi connectivity index (χ0v) is 6.41. The normalized spacial score (nSPS) is 10.4. The Kier molecular flexibility index (Phi) is 2.69. The molecule has 0 atom stereocenters. The summed E-state index contributed by atoms with van der Waals surface area (Å²) in [4.78, 5) is 0. The van der Waals surface area contributed by atoms with Crippen molar-refractivity contribution >= 4 is 11.8 Å². The number of anilines is 1. The van der Waals surface area contributed by atoms with Crippen LogP contribution < -0.4 is 5.48 Å². The van der Waals surface area contributed by atoms with E-state index in [-0.39, 0.29) is 0 Å². The Balaban J connectivity index is 2.82. The third-order valence-electron chi connectivity index (χ3n) is 1.40. The van der Waals surface area contributed by atoms with Crippen molar-refractivity contribution in [2.75, 3.05) is 5.48 Å². The molecule has 0 saturated carbocycles. The third-order valence-corrected chi connectivity index (χ3v) is 1.40. The lowest BCUT2D eigenvalue weighted by atomic mass is 10.2. The van der Waals surface area contributed by atoms with Crippen molar-refractivity contribution in [2.45, 2.75) is 6.92 Å². The van der Waals surface area contributed by atoms with E-state index in [9.17, 15) is 0 Å².